The van der Waals surface area contributed by atoms with Gasteiger partial charge in [0.15, 0.2) is 0 Å². The number of hydrogen-bond acceptors (Lipinski definition) is 5. The molecule has 2 aliphatic heterocycles. The average molecular weight is 409 g/mol. The highest BCUT2D eigenvalue weighted by molar-refractivity contribution is 6.01. The van der Waals surface area contributed by atoms with Gasteiger partial charge in [0, 0.05) is 24.3 Å². The molecule has 4 rings (SSSR count). The summed E-state index contributed by atoms with van der Waals surface area (Å²) in [5.41, 5.74) is 2.97. The molecule has 8 heteroatoms. The van der Waals surface area contributed by atoms with E-state index in [0.717, 1.165) is 16.8 Å². The Hall–Kier alpha value is -3.39. The maximum atomic E-state index is 12.5. The molecule has 0 radical (unpaired) electrons. The fourth-order valence-corrected chi connectivity index (χ4v) is 3.50. The van der Waals surface area contributed by atoms with E-state index < -0.39 is 6.09 Å². The van der Waals surface area contributed by atoms with E-state index in [1.54, 1.807) is 23.1 Å². The van der Waals surface area contributed by atoms with Crippen molar-refractivity contribution in [1.82, 2.24) is 10.2 Å². The van der Waals surface area contributed by atoms with Crippen molar-refractivity contribution < 1.29 is 23.9 Å². The third-order valence-electron chi connectivity index (χ3n) is 5.08. The van der Waals surface area contributed by atoms with E-state index in [1.807, 2.05) is 30.3 Å². The minimum Gasteiger partial charge on any atom is -0.445 e. The van der Waals surface area contributed by atoms with Gasteiger partial charge in [-0.3, -0.25) is 9.59 Å². The van der Waals surface area contributed by atoms with E-state index in [4.69, 9.17) is 9.47 Å². The van der Waals surface area contributed by atoms with E-state index >= 15 is 0 Å². The number of nitrogens with one attached hydrogen (secondary N) is 2. The van der Waals surface area contributed by atoms with Crippen molar-refractivity contribution in [3.05, 3.63) is 65.2 Å². The van der Waals surface area contributed by atoms with Crippen LogP contribution < -0.4 is 10.6 Å². The number of benzene rings is 2. The molecule has 2 heterocycles. The van der Waals surface area contributed by atoms with Gasteiger partial charge >= 0.3 is 6.09 Å². The molecule has 30 heavy (non-hydrogen) atoms. The van der Waals surface area contributed by atoms with Gasteiger partial charge in [-0.2, -0.15) is 0 Å². The van der Waals surface area contributed by atoms with Crippen molar-refractivity contribution in [2.45, 2.75) is 19.1 Å². The predicted octanol–water partition coefficient (Wildman–Crippen LogP) is 1.95. The summed E-state index contributed by atoms with van der Waals surface area (Å²) in [5, 5.41) is 5.58. The lowest BCUT2D eigenvalue weighted by Crippen LogP contribution is -2.49. The highest BCUT2D eigenvalue weighted by atomic mass is 16.6. The smallest absolute Gasteiger partial charge is 0.410 e. The second-order valence-electron chi connectivity index (χ2n) is 7.29. The van der Waals surface area contributed by atoms with Crippen LogP contribution in [-0.4, -0.2) is 55.2 Å². The fourth-order valence-electron chi connectivity index (χ4n) is 3.50. The van der Waals surface area contributed by atoms with Crippen molar-refractivity contribution in [2.24, 2.45) is 0 Å². The summed E-state index contributed by atoms with van der Waals surface area (Å²) >= 11 is 0. The Bertz CT molecular complexity index is 947. The molecule has 8 nitrogen and oxygen atoms in total. The first-order valence-electron chi connectivity index (χ1n) is 9.87. The first-order chi connectivity index (χ1) is 14.6. The lowest BCUT2D eigenvalue weighted by Gasteiger charge is -2.32. The van der Waals surface area contributed by atoms with Gasteiger partial charge < -0.3 is 25.0 Å². The molecular weight excluding hydrogens is 386 g/mol. The molecule has 1 unspecified atom stereocenters. The van der Waals surface area contributed by atoms with Gasteiger partial charge in [0.05, 0.1) is 25.7 Å². The van der Waals surface area contributed by atoms with Crippen LogP contribution >= 0.6 is 0 Å². The molecule has 2 aliphatic rings. The number of morpholine rings is 1. The monoisotopic (exact) mass is 409 g/mol. The number of amides is 3. The van der Waals surface area contributed by atoms with Crippen molar-refractivity contribution in [3.63, 3.8) is 0 Å². The van der Waals surface area contributed by atoms with Crippen molar-refractivity contribution >= 4 is 23.6 Å². The van der Waals surface area contributed by atoms with Gasteiger partial charge in [-0.15, -0.1) is 0 Å². The zero-order valence-electron chi connectivity index (χ0n) is 16.4. The number of anilines is 1. The summed E-state index contributed by atoms with van der Waals surface area (Å²) < 4.78 is 11.0. The first kappa shape index (κ1) is 19.9. The van der Waals surface area contributed by atoms with Crippen molar-refractivity contribution in [1.29, 1.82) is 0 Å². The number of carbonyl (C=O) groups is 3. The summed E-state index contributed by atoms with van der Waals surface area (Å²) in [7, 11) is 0. The molecule has 0 aliphatic carbocycles. The zero-order valence-corrected chi connectivity index (χ0v) is 16.4. The molecule has 2 aromatic carbocycles. The maximum absolute atomic E-state index is 12.5. The molecule has 1 atom stereocenters. The average Bonchev–Trinajstić information content (AvgIpc) is 3.16. The van der Waals surface area contributed by atoms with Crippen LogP contribution in [0.25, 0.3) is 0 Å². The van der Waals surface area contributed by atoms with E-state index in [9.17, 15) is 14.4 Å². The Kier molecular flexibility index (Phi) is 5.94. The molecule has 2 aromatic rings. The quantitative estimate of drug-likeness (QED) is 0.787. The predicted molar refractivity (Wildman–Crippen MR) is 109 cm³/mol. The molecular formula is C22H23N3O5. The third kappa shape index (κ3) is 4.77. The normalized spacial score (nSPS) is 17.8. The van der Waals surface area contributed by atoms with Crippen molar-refractivity contribution in [3.8, 4) is 0 Å². The molecule has 0 bridgehead atoms. The molecule has 0 saturated carbocycles. The van der Waals surface area contributed by atoms with Crippen LogP contribution in [0.1, 0.15) is 21.5 Å². The summed E-state index contributed by atoms with van der Waals surface area (Å²) in [6.07, 6.45) is -0.429. The van der Waals surface area contributed by atoms with Crippen LogP contribution in [0.2, 0.25) is 0 Å². The number of fused-ring (bicyclic) bond motifs is 1. The summed E-state index contributed by atoms with van der Waals surface area (Å²) in [6, 6.07) is 14.6. The van der Waals surface area contributed by atoms with E-state index in [-0.39, 0.29) is 37.5 Å². The number of carbonyl (C=O) groups excluding carboxylic acids is 3. The molecule has 3 amide bonds. The standard InChI is InChI=1S/C22H23N3O5/c26-20-11-17-10-16(6-7-19(17)24-20)21(27)23-12-18-13-25(8-9-29-18)22(28)30-14-15-4-2-1-3-5-15/h1-7,10,18H,8-9,11-14H2,(H,23,27)(H,24,26). The van der Waals surface area contributed by atoms with E-state index in [2.05, 4.69) is 10.6 Å². The molecule has 2 N–H and O–H groups in total. The summed E-state index contributed by atoms with van der Waals surface area (Å²) in [5.74, 6) is -0.318. The Labute approximate surface area is 174 Å². The molecule has 156 valence electrons. The zero-order chi connectivity index (χ0) is 20.9. The van der Waals surface area contributed by atoms with Crippen LogP contribution in [0.3, 0.4) is 0 Å². The topological polar surface area (TPSA) is 97.0 Å². The third-order valence-corrected chi connectivity index (χ3v) is 5.08. The minimum atomic E-state index is -0.394. The number of hydrogen-bond donors (Lipinski definition) is 2. The summed E-state index contributed by atoms with van der Waals surface area (Å²) in [4.78, 5) is 37.9. The van der Waals surface area contributed by atoms with Crippen LogP contribution in [0.15, 0.2) is 48.5 Å². The second-order valence-corrected chi connectivity index (χ2v) is 7.29. The number of nitrogens with zero attached hydrogens (tertiary/aromatic N) is 1. The van der Waals surface area contributed by atoms with Gasteiger partial charge in [0.2, 0.25) is 5.91 Å². The van der Waals surface area contributed by atoms with Gasteiger partial charge in [-0.05, 0) is 29.3 Å². The molecule has 0 spiro atoms. The van der Waals surface area contributed by atoms with Crippen LogP contribution in [0, 0.1) is 0 Å². The van der Waals surface area contributed by atoms with Crippen molar-refractivity contribution in [2.75, 3.05) is 31.6 Å². The molecule has 0 aromatic heterocycles. The van der Waals surface area contributed by atoms with Crippen LogP contribution in [0.4, 0.5) is 10.5 Å². The number of ether oxygens (including phenoxy) is 2. The Morgan fingerprint density at radius 1 is 1.20 bits per heavy atom. The fraction of sp³-hybridized carbons (Fsp3) is 0.318. The first-order valence-corrected chi connectivity index (χ1v) is 9.87. The SMILES string of the molecule is O=C1Cc2cc(C(=O)NCC3CN(C(=O)OCc4ccccc4)CCO3)ccc2N1. The summed E-state index contributed by atoms with van der Waals surface area (Å²) in [6.45, 7) is 1.66. The lowest BCUT2D eigenvalue weighted by molar-refractivity contribution is -0.115. The Balaban J connectivity index is 1.26. The van der Waals surface area contributed by atoms with E-state index in [1.165, 1.54) is 0 Å². The Morgan fingerprint density at radius 2 is 2.03 bits per heavy atom. The van der Waals surface area contributed by atoms with Crippen LogP contribution in [-0.2, 0) is 27.3 Å². The lowest BCUT2D eigenvalue weighted by atomic mass is 10.1. The highest BCUT2D eigenvalue weighted by Crippen LogP contribution is 2.23. The maximum Gasteiger partial charge on any atom is 0.410 e. The van der Waals surface area contributed by atoms with Crippen LogP contribution in [0.5, 0.6) is 0 Å². The molecule has 1 saturated heterocycles. The van der Waals surface area contributed by atoms with Gasteiger partial charge in [-0.25, -0.2) is 4.79 Å². The van der Waals surface area contributed by atoms with E-state index in [0.29, 0.717) is 25.3 Å². The second kappa shape index (κ2) is 8.96. The highest BCUT2D eigenvalue weighted by Gasteiger charge is 2.26. The minimum absolute atomic E-state index is 0.0718. The Morgan fingerprint density at radius 3 is 2.87 bits per heavy atom. The van der Waals surface area contributed by atoms with Gasteiger partial charge in [-0.1, -0.05) is 30.3 Å². The largest absolute Gasteiger partial charge is 0.445 e. The number of rotatable bonds is 5. The molecule has 1 fully saturated rings. The van der Waals surface area contributed by atoms with Gasteiger partial charge in [0.25, 0.3) is 5.91 Å². The van der Waals surface area contributed by atoms with Gasteiger partial charge in [0.1, 0.15) is 6.61 Å².